The van der Waals surface area contributed by atoms with Gasteiger partial charge in [-0.2, -0.15) is 0 Å². The van der Waals surface area contributed by atoms with Gasteiger partial charge >= 0.3 is 0 Å². The molecule has 0 aliphatic rings. The third-order valence-electron chi connectivity index (χ3n) is 2.09. The Bertz CT molecular complexity index is 614. The lowest BCUT2D eigenvalue weighted by atomic mass is 10.2. The Labute approximate surface area is 107 Å². The Morgan fingerprint density at radius 1 is 1.21 bits per heavy atom. The van der Waals surface area contributed by atoms with Crippen LogP contribution in [-0.4, -0.2) is 30.6 Å². The van der Waals surface area contributed by atoms with Crippen molar-refractivity contribution in [3.8, 4) is 0 Å². The molecule has 0 amide bonds. The van der Waals surface area contributed by atoms with Crippen LogP contribution in [0.2, 0.25) is 0 Å². The number of nitro groups is 2. The molecule has 0 saturated heterocycles. The fourth-order valence-electron chi connectivity index (χ4n) is 1.26. The molecular formula is C8H10N4O6S. The monoisotopic (exact) mass is 290 g/mol. The van der Waals surface area contributed by atoms with E-state index in [0.29, 0.717) is 0 Å². The molecule has 0 aromatic heterocycles. The van der Waals surface area contributed by atoms with E-state index < -0.39 is 37.0 Å². The molecule has 1 aromatic carbocycles. The number of hydrogen-bond donors (Lipinski definition) is 2. The summed E-state index contributed by atoms with van der Waals surface area (Å²) in [6.45, 7) is -0.141. The highest BCUT2D eigenvalue weighted by Crippen LogP contribution is 2.28. The van der Waals surface area contributed by atoms with Gasteiger partial charge in [0.25, 0.3) is 11.4 Å². The Morgan fingerprint density at radius 2 is 1.84 bits per heavy atom. The van der Waals surface area contributed by atoms with Gasteiger partial charge in [0.05, 0.1) is 21.7 Å². The maximum absolute atomic E-state index is 10.8. The minimum absolute atomic E-state index is 0.0146. The maximum Gasteiger partial charge on any atom is 0.299 e. The summed E-state index contributed by atoms with van der Waals surface area (Å²) in [5.41, 5.74) is -0.952. The minimum Gasteiger partial charge on any atom is -0.378 e. The molecular weight excluding hydrogens is 280 g/mol. The second kappa shape index (κ2) is 5.58. The highest BCUT2D eigenvalue weighted by Gasteiger charge is 2.19. The number of benzene rings is 1. The van der Waals surface area contributed by atoms with Gasteiger partial charge in [-0.15, -0.1) is 0 Å². The summed E-state index contributed by atoms with van der Waals surface area (Å²) in [5, 5.41) is 28.5. The standard InChI is InChI=1S/C8H10N4O6S/c9-19(17,18)4-3-10-7-2-1-6(11(13)14)5-8(7)12(15)16/h1-2,5,10H,3-4H2,(H2,9,17,18). The fourth-order valence-corrected chi connectivity index (χ4v) is 1.65. The lowest BCUT2D eigenvalue weighted by Gasteiger charge is -2.05. The Morgan fingerprint density at radius 3 is 2.32 bits per heavy atom. The van der Waals surface area contributed by atoms with E-state index in [2.05, 4.69) is 5.32 Å². The molecule has 0 atom stereocenters. The van der Waals surface area contributed by atoms with E-state index in [1.54, 1.807) is 0 Å². The molecule has 0 bridgehead atoms. The number of primary sulfonamides is 1. The SMILES string of the molecule is NS(=O)(=O)CCNc1ccc([N+](=O)[O-])cc1[N+](=O)[O-]. The number of nitrogens with one attached hydrogen (secondary N) is 1. The molecule has 0 unspecified atom stereocenters. The summed E-state index contributed by atoms with van der Waals surface area (Å²) in [5.74, 6) is -0.416. The third kappa shape index (κ3) is 4.48. The second-order valence-corrected chi connectivity index (χ2v) is 5.24. The van der Waals surface area contributed by atoms with E-state index in [4.69, 9.17) is 5.14 Å². The van der Waals surface area contributed by atoms with Crippen LogP contribution in [0.3, 0.4) is 0 Å². The van der Waals surface area contributed by atoms with Crippen molar-refractivity contribution in [1.29, 1.82) is 0 Å². The summed E-state index contributed by atoms with van der Waals surface area (Å²) in [4.78, 5) is 19.7. The molecule has 10 nitrogen and oxygen atoms in total. The molecule has 0 aliphatic heterocycles. The van der Waals surface area contributed by atoms with E-state index in [1.165, 1.54) is 0 Å². The van der Waals surface area contributed by atoms with E-state index >= 15 is 0 Å². The normalized spacial score (nSPS) is 11.0. The average molecular weight is 290 g/mol. The van der Waals surface area contributed by atoms with Crippen molar-refractivity contribution in [2.75, 3.05) is 17.6 Å². The molecule has 3 N–H and O–H groups in total. The predicted molar refractivity (Wildman–Crippen MR) is 66.2 cm³/mol. The van der Waals surface area contributed by atoms with Crippen LogP contribution in [-0.2, 0) is 10.0 Å². The molecule has 1 rings (SSSR count). The number of nitrogens with zero attached hydrogens (tertiary/aromatic N) is 2. The lowest BCUT2D eigenvalue weighted by molar-refractivity contribution is -0.393. The molecule has 0 heterocycles. The number of hydrogen-bond acceptors (Lipinski definition) is 7. The van der Waals surface area contributed by atoms with Gasteiger partial charge in [-0.3, -0.25) is 20.2 Å². The zero-order valence-corrected chi connectivity index (χ0v) is 10.3. The number of anilines is 1. The van der Waals surface area contributed by atoms with Crippen molar-refractivity contribution in [2.45, 2.75) is 0 Å². The van der Waals surface area contributed by atoms with E-state index in [0.717, 1.165) is 18.2 Å². The molecule has 0 fully saturated rings. The largest absolute Gasteiger partial charge is 0.378 e. The number of sulfonamides is 1. The predicted octanol–water partition coefficient (Wildman–Crippen LogP) is 0.203. The second-order valence-electron chi connectivity index (χ2n) is 3.51. The van der Waals surface area contributed by atoms with Gasteiger partial charge in [0.2, 0.25) is 10.0 Å². The summed E-state index contributed by atoms with van der Waals surface area (Å²) in [6, 6.07) is 3.00. The first kappa shape index (κ1) is 14.8. The van der Waals surface area contributed by atoms with Crippen molar-refractivity contribution in [2.24, 2.45) is 5.14 Å². The van der Waals surface area contributed by atoms with E-state index in [1.807, 2.05) is 0 Å². The smallest absolute Gasteiger partial charge is 0.299 e. The summed E-state index contributed by atoms with van der Waals surface area (Å²) < 4.78 is 21.4. The van der Waals surface area contributed by atoms with Crippen molar-refractivity contribution < 1.29 is 18.3 Å². The summed E-state index contributed by atoms with van der Waals surface area (Å²) in [6.07, 6.45) is 0. The van der Waals surface area contributed by atoms with Crippen LogP contribution in [0.4, 0.5) is 17.1 Å². The zero-order chi connectivity index (χ0) is 14.6. The van der Waals surface area contributed by atoms with Crippen LogP contribution in [0.5, 0.6) is 0 Å². The number of nitrogens with two attached hydrogens (primary N) is 1. The van der Waals surface area contributed by atoms with Crippen LogP contribution < -0.4 is 10.5 Å². The van der Waals surface area contributed by atoms with Gasteiger partial charge in [0.1, 0.15) is 5.69 Å². The minimum atomic E-state index is -3.69. The van der Waals surface area contributed by atoms with Crippen LogP contribution in [0.25, 0.3) is 0 Å². The van der Waals surface area contributed by atoms with Gasteiger partial charge in [0, 0.05) is 12.6 Å². The van der Waals surface area contributed by atoms with Crippen molar-refractivity contribution >= 4 is 27.1 Å². The first-order valence-electron chi connectivity index (χ1n) is 4.88. The first-order valence-corrected chi connectivity index (χ1v) is 6.59. The van der Waals surface area contributed by atoms with Gasteiger partial charge in [-0.25, -0.2) is 13.6 Å². The van der Waals surface area contributed by atoms with Crippen LogP contribution >= 0.6 is 0 Å². The Balaban J connectivity index is 2.94. The van der Waals surface area contributed by atoms with Crippen LogP contribution in [0.15, 0.2) is 18.2 Å². The van der Waals surface area contributed by atoms with Gasteiger partial charge in [-0.05, 0) is 6.07 Å². The van der Waals surface area contributed by atoms with Crippen molar-refractivity contribution in [3.63, 3.8) is 0 Å². The molecule has 0 saturated carbocycles. The lowest BCUT2D eigenvalue weighted by Crippen LogP contribution is -2.22. The van der Waals surface area contributed by atoms with E-state index in [9.17, 15) is 28.6 Å². The number of nitro benzene ring substituents is 2. The molecule has 0 radical (unpaired) electrons. The quantitative estimate of drug-likeness (QED) is 0.559. The van der Waals surface area contributed by atoms with Crippen LogP contribution in [0.1, 0.15) is 0 Å². The van der Waals surface area contributed by atoms with Crippen molar-refractivity contribution in [1.82, 2.24) is 0 Å². The highest BCUT2D eigenvalue weighted by molar-refractivity contribution is 7.89. The zero-order valence-electron chi connectivity index (χ0n) is 9.48. The topological polar surface area (TPSA) is 158 Å². The molecule has 0 spiro atoms. The van der Waals surface area contributed by atoms with Gasteiger partial charge in [-0.1, -0.05) is 0 Å². The molecule has 0 aliphatic carbocycles. The number of non-ortho nitro benzene ring substituents is 1. The Kier molecular flexibility index (Phi) is 4.34. The average Bonchev–Trinajstić information content (AvgIpc) is 2.27. The van der Waals surface area contributed by atoms with Crippen LogP contribution in [0, 0.1) is 20.2 Å². The Hall–Kier alpha value is -2.27. The molecule has 19 heavy (non-hydrogen) atoms. The molecule has 11 heteroatoms. The summed E-state index contributed by atoms with van der Waals surface area (Å²) in [7, 11) is -3.69. The van der Waals surface area contributed by atoms with Crippen molar-refractivity contribution in [3.05, 3.63) is 38.4 Å². The fraction of sp³-hybridized carbons (Fsp3) is 0.250. The molecule has 1 aromatic rings. The summed E-state index contributed by atoms with van der Waals surface area (Å²) >= 11 is 0. The molecule has 104 valence electrons. The first-order chi connectivity index (χ1) is 8.70. The van der Waals surface area contributed by atoms with Gasteiger partial charge < -0.3 is 5.32 Å². The third-order valence-corrected chi connectivity index (χ3v) is 2.86. The highest BCUT2D eigenvalue weighted by atomic mass is 32.2. The van der Waals surface area contributed by atoms with E-state index in [-0.39, 0.29) is 12.2 Å². The van der Waals surface area contributed by atoms with Gasteiger partial charge in [0.15, 0.2) is 0 Å². The number of rotatable bonds is 6. The maximum atomic E-state index is 10.8.